The maximum absolute atomic E-state index is 12.2. The van der Waals surface area contributed by atoms with Crippen LogP contribution < -0.4 is 4.72 Å². The van der Waals surface area contributed by atoms with Crippen LogP contribution >= 0.6 is 11.6 Å². The molecule has 1 aliphatic carbocycles. The number of aliphatic hydroxyl groups is 1. The van der Waals surface area contributed by atoms with Gasteiger partial charge in [-0.3, -0.25) is 0 Å². The summed E-state index contributed by atoms with van der Waals surface area (Å²) in [5, 5.41) is 9.83. The summed E-state index contributed by atoms with van der Waals surface area (Å²) in [4.78, 5) is 3.80. The van der Waals surface area contributed by atoms with Crippen molar-refractivity contribution in [3.63, 3.8) is 0 Å². The summed E-state index contributed by atoms with van der Waals surface area (Å²) < 4.78 is 28.4. The van der Waals surface area contributed by atoms with E-state index in [9.17, 15) is 13.5 Å². The first-order chi connectivity index (χ1) is 8.92. The van der Waals surface area contributed by atoms with Crippen LogP contribution in [0.15, 0.2) is 11.4 Å². The lowest BCUT2D eigenvalue weighted by Gasteiger charge is -2.21. The van der Waals surface area contributed by atoms with Crippen molar-refractivity contribution in [3.05, 3.63) is 11.5 Å². The molecular weight excluding hydrogens is 290 g/mol. The molecule has 0 bridgehead atoms. The number of halogens is 1. The summed E-state index contributed by atoms with van der Waals surface area (Å²) in [5.41, 5.74) is 0. The van der Waals surface area contributed by atoms with Gasteiger partial charge in [0.2, 0.25) is 5.03 Å². The molecule has 2 unspecified atom stereocenters. The number of aliphatic hydroxyl groups excluding tert-OH is 1. The maximum atomic E-state index is 12.2. The van der Waals surface area contributed by atoms with E-state index >= 15 is 0 Å². The van der Waals surface area contributed by atoms with Crippen molar-refractivity contribution < 1.29 is 13.5 Å². The zero-order valence-corrected chi connectivity index (χ0v) is 12.3. The molecule has 19 heavy (non-hydrogen) atoms. The maximum Gasteiger partial charge on any atom is 0.261 e. The highest BCUT2D eigenvalue weighted by Gasteiger charge is 2.30. The topological polar surface area (TPSA) is 84.2 Å². The van der Waals surface area contributed by atoms with Crippen LogP contribution in [0.2, 0.25) is 5.15 Å². The largest absolute Gasteiger partial charge is 0.391 e. The molecule has 1 aliphatic rings. The highest BCUT2D eigenvalue weighted by atomic mass is 35.5. The van der Waals surface area contributed by atoms with Crippen LogP contribution in [-0.2, 0) is 17.1 Å². The lowest BCUT2D eigenvalue weighted by Crippen LogP contribution is -2.42. The minimum Gasteiger partial charge on any atom is -0.391 e. The Kier molecular flexibility index (Phi) is 4.50. The quantitative estimate of drug-likeness (QED) is 0.817. The van der Waals surface area contributed by atoms with E-state index in [1.54, 1.807) is 7.05 Å². The van der Waals surface area contributed by atoms with E-state index in [2.05, 4.69) is 9.71 Å². The zero-order chi connectivity index (χ0) is 14.0. The Labute approximate surface area is 117 Å². The predicted octanol–water partition coefficient (Wildman–Crippen LogP) is 1.05. The van der Waals surface area contributed by atoms with Gasteiger partial charge in [-0.05, 0) is 12.8 Å². The number of aryl methyl sites for hydroxylation is 1. The molecule has 0 radical (unpaired) electrons. The van der Waals surface area contributed by atoms with Crippen LogP contribution in [0.25, 0.3) is 0 Å². The van der Waals surface area contributed by atoms with E-state index in [0.29, 0.717) is 12.8 Å². The first-order valence-corrected chi connectivity index (χ1v) is 8.15. The van der Waals surface area contributed by atoms with Gasteiger partial charge < -0.3 is 9.67 Å². The van der Waals surface area contributed by atoms with Gasteiger partial charge in [0.25, 0.3) is 10.0 Å². The van der Waals surface area contributed by atoms with Crippen LogP contribution in [0.4, 0.5) is 0 Å². The molecule has 2 atom stereocenters. The van der Waals surface area contributed by atoms with Crippen molar-refractivity contribution in [2.24, 2.45) is 7.05 Å². The second-order valence-corrected chi connectivity index (χ2v) is 6.87. The fraction of sp³-hybridized carbons (Fsp3) is 0.727. The van der Waals surface area contributed by atoms with Gasteiger partial charge in [-0.2, -0.15) is 0 Å². The summed E-state index contributed by atoms with van der Waals surface area (Å²) in [6.45, 7) is 0. The highest BCUT2D eigenvalue weighted by Crippen LogP contribution is 2.22. The molecule has 0 amide bonds. The van der Waals surface area contributed by atoms with Crippen LogP contribution in [0.5, 0.6) is 0 Å². The molecule has 0 spiro atoms. The van der Waals surface area contributed by atoms with Crippen molar-refractivity contribution in [2.45, 2.75) is 49.3 Å². The van der Waals surface area contributed by atoms with Gasteiger partial charge >= 0.3 is 0 Å². The van der Waals surface area contributed by atoms with Gasteiger partial charge in [0.05, 0.1) is 12.4 Å². The van der Waals surface area contributed by atoms with E-state index in [1.165, 1.54) is 10.9 Å². The minimum atomic E-state index is -3.79. The Morgan fingerprint density at radius 3 is 2.74 bits per heavy atom. The highest BCUT2D eigenvalue weighted by molar-refractivity contribution is 7.89. The molecule has 1 aromatic rings. The van der Waals surface area contributed by atoms with Gasteiger partial charge in [-0.1, -0.05) is 30.9 Å². The predicted molar refractivity (Wildman–Crippen MR) is 71.4 cm³/mol. The molecular formula is C11H18ClN3O3S. The number of rotatable bonds is 3. The van der Waals surface area contributed by atoms with Gasteiger partial charge in [-0.25, -0.2) is 18.1 Å². The van der Waals surface area contributed by atoms with E-state index in [0.717, 1.165) is 19.3 Å². The standard InChI is InChI=1S/C11H18ClN3O3S/c1-15-7-13-11(10(15)12)19(17,18)14-8-5-3-2-4-6-9(8)16/h7-9,14,16H,2-6H2,1H3. The molecule has 0 aromatic carbocycles. The molecule has 0 saturated heterocycles. The third-order valence-corrected chi connectivity index (χ3v) is 5.35. The first kappa shape index (κ1) is 14.8. The van der Waals surface area contributed by atoms with Crippen molar-refractivity contribution in [3.8, 4) is 0 Å². The summed E-state index contributed by atoms with van der Waals surface area (Å²) in [5.74, 6) is 0. The number of nitrogens with zero attached hydrogens (tertiary/aromatic N) is 2. The molecule has 1 saturated carbocycles. The Morgan fingerprint density at radius 1 is 1.42 bits per heavy atom. The molecule has 6 nitrogen and oxygen atoms in total. The van der Waals surface area contributed by atoms with Crippen molar-refractivity contribution >= 4 is 21.6 Å². The number of imidazole rings is 1. The van der Waals surface area contributed by atoms with Crippen LogP contribution in [0.1, 0.15) is 32.1 Å². The number of nitrogens with one attached hydrogen (secondary N) is 1. The molecule has 1 heterocycles. The van der Waals surface area contributed by atoms with Gasteiger partial charge in [0.1, 0.15) is 5.15 Å². The smallest absolute Gasteiger partial charge is 0.261 e. The summed E-state index contributed by atoms with van der Waals surface area (Å²) in [7, 11) is -2.17. The Balaban J connectivity index is 2.19. The van der Waals surface area contributed by atoms with Crippen LogP contribution in [0.3, 0.4) is 0 Å². The Hall–Kier alpha value is -0.630. The Morgan fingerprint density at radius 2 is 2.11 bits per heavy atom. The van der Waals surface area contributed by atoms with Crippen LogP contribution in [-0.4, -0.2) is 35.2 Å². The minimum absolute atomic E-state index is 0.0654. The van der Waals surface area contributed by atoms with Gasteiger partial charge in [0.15, 0.2) is 0 Å². The van der Waals surface area contributed by atoms with Crippen molar-refractivity contribution in [1.82, 2.24) is 14.3 Å². The third kappa shape index (κ3) is 3.28. The fourth-order valence-corrected chi connectivity index (χ4v) is 3.99. The van der Waals surface area contributed by atoms with E-state index in [-0.39, 0.29) is 10.2 Å². The molecule has 1 fully saturated rings. The van der Waals surface area contributed by atoms with Crippen LogP contribution in [0, 0.1) is 0 Å². The lowest BCUT2D eigenvalue weighted by atomic mass is 10.1. The second kappa shape index (κ2) is 5.78. The number of hydrogen-bond donors (Lipinski definition) is 2. The summed E-state index contributed by atoms with van der Waals surface area (Å²) in [6.07, 6.45) is 4.78. The average molecular weight is 308 g/mol. The fourth-order valence-electron chi connectivity index (χ4n) is 2.25. The monoisotopic (exact) mass is 307 g/mol. The molecule has 2 rings (SSSR count). The van der Waals surface area contributed by atoms with E-state index in [1.807, 2.05) is 0 Å². The molecule has 1 aromatic heterocycles. The first-order valence-electron chi connectivity index (χ1n) is 6.29. The number of sulfonamides is 1. The zero-order valence-electron chi connectivity index (χ0n) is 10.7. The van der Waals surface area contributed by atoms with E-state index < -0.39 is 22.2 Å². The molecule has 2 N–H and O–H groups in total. The summed E-state index contributed by atoms with van der Waals surface area (Å²) >= 11 is 5.90. The second-order valence-electron chi connectivity index (χ2n) is 4.88. The number of aromatic nitrogens is 2. The lowest BCUT2D eigenvalue weighted by molar-refractivity contribution is 0.130. The molecule has 108 valence electrons. The Bertz CT molecular complexity index is 543. The molecule has 8 heteroatoms. The normalized spacial score (nSPS) is 25.2. The SMILES string of the molecule is Cn1cnc(S(=O)(=O)NC2CCCCCC2O)c1Cl. The van der Waals surface area contributed by atoms with Gasteiger partial charge in [-0.15, -0.1) is 0 Å². The molecule has 0 aliphatic heterocycles. The average Bonchev–Trinajstić information content (AvgIpc) is 2.56. The van der Waals surface area contributed by atoms with Crippen molar-refractivity contribution in [2.75, 3.05) is 0 Å². The van der Waals surface area contributed by atoms with Gasteiger partial charge in [0, 0.05) is 13.1 Å². The number of hydrogen-bond acceptors (Lipinski definition) is 4. The van der Waals surface area contributed by atoms with E-state index in [4.69, 9.17) is 11.6 Å². The van der Waals surface area contributed by atoms with Crippen molar-refractivity contribution in [1.29, 1.82) is 0 Å². The third-order valence-electron chi connectivity index (χ3n) is 3.37. The summed E-state index contributed by atoms with van der Waals surface area (Å²) in [6, 6.07) is -0.467.